The van der Waals surface area contributed by atoms with Crippen molar-refractivity contribution in [2.24, 2.45) is 0 Å². The van der Waals surface area contributed by atoms with Crippen molar-refractivity contribution in [3.05, 3.63) is 22.5 Å². The molecule has 0 saturated heterocycles. The quantitative estimate of drug-likeness (QED) is 0.885. The van der Waals surface area contributed by atoms with Gasteiger partial charge in [-0.3, -0.25) is 0 Å². The Morgan fingerprint density at radius 1 is 1.50 bits per heavy atom. The summed E-state index contributed by atoms with van der Waals surface area (Å²) in [6.45, 7) is 1.15. The van der Waals surface area contributed by atoms with Crippen LogP contribution in [0.3, 0.4) is 0 Å². The van der Waals surface area contributed by atoms with Gasteiger partial charge in [0.25, 0.3) is 0 Å². The summed E-state index contributed by atoms with van der Waals surface area (Å²) in [6.07, 6.45) is -0.272. The van der Waals surface area contributed by atoms with Crippen molar-refractivity contribution in [1.82, 2.24) is 5.32 Å². The molecule has 1 aromatic carbocycles. The van der Waals surface area contributed by atoms with E-state index in [1.807, 2.05) is 0 Å². The van der Waals surface area contributed by atoms with Crippen LogP contribution in [0.5, 0.6) is 11.5 Å². The third kappa shape index (κ3) is 2.53. The van der Waals surface area contributed by atoms with E-state index in [0.717, 1.165) is 0 Å². The van der Waals surface area contributed by atoms with Crippen LogP contribution in [0.15, 0.2) is 6.07 Å². The number of halogens is 2. The largest absolute Gasteiger partial charge is 0.489 e. The number of aliphatic hydroxyl groups excluding tert-OH is 1. The van der Waals surface area contributed by atoms with Gasteiger partial charge in [0.2, 0.25) is 0 Å². The van der Waals surface area contributed by atoms with Crippen molar-refractivity contribution >= 4 is 11.6 Å². The third-order valence-corrected chi connectivity index (χ3v) is 3.04. The molecule has 0 radical (unpaired) electrons. The maximum atomic E-state index is 14.0. The van der Waals surface area contributed by atoms with E-state index >= 15 is 0 Å². The zero-order valence-electron chi connectivity index (χ0n) is 10.0. The fourth-order valence-electron chi connectivity index (χ4n) is 1.81. The molecule has 1 heterocycles. The van der Waals surface area contributed by atoms with Crippen molar-refractivity contribution in [2.75, 3.05) is 26.8 Å². The molecule has 6 heteroatoms. The van der Waals surface area contributed by atoms with Crippen LogP contribution in [0.2, 0.25) is 5.02 Å². The number of fused-ring (bicyclic) bond motifs is 1. The molecule has 2 rings (SSSR count). The van der Waals surface area contributed by atoms with Crippen molar-refractivity contribution in [2.45, 2.75) is 12.5 Å². The highest BCUT2D eigenvalue weighted by Crippen LogP contribution is 2.41. The minimum absolute atomic E-state index is 0.110. The van der Waals surface area contributed by atoms with Crippen LogP contribution in [0, 0.1) is 5.82 Å². The van der Waals surface area contributed by atoms with Gasteiger partial charge in [0, 0.05) is 18.5 Å². The van der Waals surface area contributed by atoms with Crippen LogP contribution in [0.1, 0.15) is 18.1 Å². The second kappa shape index (κ2) is 5.73. The lowest BCUT2D eigenvalue weighted by Crippen LogP contribution is -2.18. The van der Waals surface area contributed by atoms with Crippen LogP contribution in [0.4, 0.5) is 4.39 Å². The Hall–Kier alpha value is -1.04. The van der Waals surface area contributed by atoms with Gasteiger partial charge in [-0.2, -0.15) is 0 Å². The Balaban J connectivity index is 2.43. The molecular weight excluding hydrogens is 261 g/mol. The number of rotatable bonds is 3. The fourth-order valence-corrected chi connectivity index (χ4v) is 2.06. The molecule has 1 aliphatic rings. The maximum absolute atomic E-state index is 14.0. The summed E-state index contributed by atoms with van der Waals surface area (Å²) in [4.78, 5) is 0. The highest BCUT2D eigenvalue weighted by Gasteiger charge is 2.24. The predicted molar refractivity (Wildman–Crippen MR) is 65.9 cm³/mol. The second-order valence-electron chi connectivity index (χ2n) is 4.04. The van der Waals surface area contributed by atoms with Gasteiger partial charge >= 0.3 is 0 Å². The van der Waals surface area contributed by atoms with Crippen LogP contribution in [-0.4, -0.2) is 31.9 Å². The molecule has 0 aliphatic carbocycles. The number of nitrogens with one attached hydrogen (secondary N) is 1. The highest BCUT2D eigenvalue weighted by atomic mass is 35.5. The number of aliphatic hydroxyl groups is 1. The van der Waals surface area contributed by atoms with Crippen molar-refractivity contribution in [3.8, 4) is 11.5 Å². The standard InChI is InChI=1S/C12H15ClFNO3/c1-15-6-8(16)7-5-9-12(10(13)11(7)14)18-4-2-3-17-9/h5,8,15-16H,2-4,6H2,1H3. The van der Waals surface area contributed by atoms with Gasteiger partial charge in [0.1, 0.15) is 5.02 Å². The first-order valence-corrected chi connectivity index (χ1v) is 6.13. The lowest BCUT2D eigenvalue weighted by molar-refractivity contribution is 0.172. The van der Waals surface area contributed by atoms with Gasteiger partial charge in [0.05, 0.1) is 19.3 Å². The molecule has 18 heavy (non-hydrogen) atoms. The summed E-state index contributed by atoms with van der Waals surface area (Å²) in [6, 6.07) is 1.45. The topological polar surface area (TPSA) is 50.7 Å². The molecule has 4 nitrogen and oxygen atoms in total. The molecule has 2 N–H and O–H groups in total. The Morgan fingerprint density at radius 2 is 2.22 bits per heavy atom. The van der Waals surface area contributed by atoms with E-state index in [-0.39, 0.29) is 22.9 Å². The molecule has 0 spiro atoms. The normalized spacial score (nSPS) is 16.2. The van der Waals surface area contributed by atoms with Crippen LogP contribution in [0.25, 0.3) is 0 Å². The van der Waals surface area contributed by atoms with E-state index in [1.54, 1.807) is 7.05 Å². The van der Waals surface area contributed by atoms with Gasteiger partial charge in [0.15, 0.2) is 17.3 Å². The number of ether oxygens (including phenoxy) is 2. The Kier molecular flexibility index (Phi) is 4.27. The zero-order valence-corrected chi connectivity index (χ0v) is 10.8. The maximum Gasteiger partial charge on any atom is 0.182 e. The summed E-state index contributed by atoms with van der Waals surface area (Å²) < 4.78 is 24.8. The molecule has 1 unspecified atom stereocenters. The highest BCUT2D eigenvalue weighted by molar-refractivity contribution is 6.32. The third-order valence-electron chi connectivity index (χ3n) is 2.71. The molecular formula is C12H15ClFNO3. The van der Waals surface area contributed by atoms with E-state index in [1.165, 1.54) is 6.07 Å². The molecule has 0 fully saturated rings. The van der Waals surface area contributed by atoms with Crippen LogP contribution in [-0.2, 0) is 0 Å². The van der Waals surface area contributed by atoms with E-state index in [0.29, 0.717) is 25.4 Å². The summed E-state index contributed by atoms with van der Waals surface area (Å²) in [7, 11) is 1.67. The number of benzene rings is 1. The monoisotopic (exact) mass is 275 g/mol. The van der Waals surface area contributed by atoms with E-state index < -0.39 is 11.9 Å². The Morgan fingerprint density at radius 3 is 2.94 bits per heavy atom. The lowest BCUT2D eigenvalue weighted by atomic mass is 10.1. The zero-order chi connectivity index (χ0) is 13.1. The van der Waals surface area contributed by atoms with Gasteiger partial charge in [-0.25, -0.2) is 4.39 Å². The molecule has 0 bridgehead atoms. The van der Waals surface area contributed by atoms with Gasteiger partial charge < -0.3 is 19.9 Å². The predicted octanol–water partition coefficient (Wildman–Crippen LogP) is 1.89. The lowest BCUT2D eigenvalue weighted by Gasteiger charge is -2.16. The minimum atomic E-state index is -0.982. The Bertz CT molecular complexity index is 442. The molecule has 1 aliphatic heterocycles. The van der Waals surface area contributed by atoms with Crippen molar-refractivity contribution < 1.29 is 19.0 Å². The summed E-state index contributed by atoms with van der Waals surface area (Å²) >= 11 is 5.92. The smallest absolute Gasteiger partial charge is 0.182 e. The average molecular weight is 276 g/mol. The number of hydrogen-bond donors (Lipinski definition) is 2. The molecule has 100 valence electrons. The second-order valence-corrected chi connectivity index (χ2v) is 4.42. The first-order chi connectivity index (χ1) is 8.65. The minimum Gasteiger partial charge on any atom is -0.489 e. The Labute approximate surface area is 110 Å². The van der Waals surface area contributed by atoms with Gasteiger partial charge in [-0.1, -0.05) is 11.6 Å². The fraction of sp³-hybridized carbons (Fsp3) is 0.500. The summed E-state index contributed by atoms with van der Waals surface area (Å²) in [5.41, 5.74) is 0.110. The van der Waals surface area contributed by atoms with Crippen LogP contribution < -0.4 is 14.8 Å². The van der Waals surface area contributed by atoms with E-state index in [9.17, 15) is 9.50 Å². The average Bonchev–Trinajstić information content (AvgIpc) is 2.59. The molecule has 0 saturated carbocycles. The number of likely N-dealkylation sites (N-methyl/N-ethyl adjacent to an activating group) is 1. The molecule has 1 aromatic rings. The van der Waals surface area contributed by atoms with Crippen LogP contribution >= 0.6 is 11.6 Å². The van der Waals surface area contributed by atoms with E-state index in [2.05, 4.69) is 5.32 Å². The molecule has 0 aromatic heterocycles. The SMILES string of the molecule is CNCC(O)c1cc2c(c(Cl)c1F)OCCCO2. The van der Waals surface area contributed by atoms with Crippen molar-refractivity contribution in [3.63, 3.8) is 0 Å². The summed E-state index contributed by atoms with van der Waals surface area (Å²) in [5.74, 6) is -0.0696. The van der Waals surface area contributed by atoms with Gasteiger partial charge in [-0.15, -0.1) is 0 Å². The summed E-state index contributed by atoms with van der Waals surface area (Å²) in [5, 5.41) is 12.5. The van der Waals surface area contributed by atoms with E-state index in [4.69, 9.17) is 21.1 Å². The number of hydrogen-bond acceptors (Lipinski definition) is 4. The molecule has 1 atom stereocenters. The van der Waals surface area contributed by atoms with Crippen molar-refractivity contribution in [1.29, 1.82) is 0 Å². The first kappa shape index (κ1) is 13.4. The molecule has 0 amide bonds. The van der Waals surface area contributed by atoms with Gasteiger partial charge in [-0.05, 0) is 13.1 Å². The first-order valence-electron chi connectivity index (χ1n) is 5.75.